The van der Waals surface area contributed by atoms with Gasteiger partial charge in [-0.15, -0.1) is 0 Å². The van der Waals surface area contributed by atoms with Gasteiger partial charge in [-0.1, -0.05) is 6.07 Å². The molecule has 22 heavy (non-hydrogen) atoms. The second-order valence-electron chi connectivity index (χ2n) is 5.43. The van der Waals surface area contributed by atoms with Gasteiger partial charge in [-0.25, -0.2) is 4.79 Å². The summed E-state index contributed by atoms with van der Waals surface area (Å²) in [6.07, 6.45) is 2.46. The van der Waals surface area contributed by atoms with Gasteiger partial charge in [0, 0.05) is 17.3 Å². The molecule has 0 bridgehead atoms. The molecule has 1 aromatic rings. The summed E-state index contributed by atoms with van der Waals surface area (Å²) in [5.41, 5.74) is 5.92. The molecule has 0 heterocycles. The molecule has 1 aliphatic rings. The average molecular weight is 305 g/mol. The number of primary amides is 1. The van der Waals surface area contributed by atoms with Gasteiger partial charge in [-0.2, -0.15) is 0 Å². The van der Waals surface area contributed by atoms with E-state index in [1.807, 2.05) is 0 Å². The van der Waals surface area contributed by atoms with Crippen molar-refractivity contribution >= 4 is 23.6 Å². The highest BCUT2D eigenvalue weighted by Gasteiger charge is 2.26. The van der Waals surface area contributed by atoms with E-state index in [1.165, 1.54) is 0 Å². The second kappa shape index (κ2) is 6.93. The predicted molar refractivity (Wildman–Crippen MR) is 80.5 cm³/mol. The Labute approximate surface area is 127 Å². The number of rotatable bonds is 4. The summed E-state index contributed by atoms with van der Waals surface area (Å²) in [4.78, 5) is 33.9. The van der Waals surface area contributed by atoms with Crippen molar-refractivity contribution in [1.82, 2.24) is 5.32 Å². The Hall–Kier alpha value is -2.57. The van der Waals surface area contributed by atoms with E-state index >= 15 is 0 Å². The van der Waals surface area contributed by atoms with Gasteiger partial charge in [0.2, 0.25) is 0 Å². The first-order chi connectivity index (χ1) is 10.5. The maximum Gasteiger partial charge on any atom is 0.316 e. The molecule has 1 saturated carbocycles. The summed E-state index contributed by atoms with van der Waals surface area (Å²) in [5.74, 6) is -1.32. The minimum Gasteiger partial charge on any atom is -0.481 e. The molecule has 1 aliphatic carbocycles. The van der Waals surface area contributed by atoms with Crippen molar-refractivity contribution in [1.29, 1.82) is 0 Å². The highest BCUT2D eigenvalue weighted by Crippen LogP contribution is 2.24. The van der Waals surface area contributed by atoms with Crippen molar-refractivity contribution in [2.75, 3.05) is 5.32 Å². The maximum absolute atomic E-state index is 12.2. The van der Waals surface area contributed by atoms with E-state index in [0.717, 1.165) is 0 Å². The molecule has 0 radical (unpaired) electrons. The van der Waals surface area contributed by atoms with Crippen molar-refractivity contribution in [3.63, 3.8) is 0 Å². The number of nitrogens with one attached hydrogen (secondary N) is 2. The van der Waals surface area contributed by atoms with Crippen molar-refractivity contribution in [3.8, 4) is 0 Å². The molecule has 0 spiro atoms. The molecule has 1 aromatic carbocycles. The van der Waals surface area contributed by atoms with Crippen LogP contribution in [0.4, 0.5) is 10.5 Å². The fourth-order valence-corrected chi connectivity index (χ4v) is 2.63. The Balaban J connectivity index is 1.92. The standard InChI is InChI=1S/C15H19N3O4/c16-15(22)18-12-3-1-2-10(8-12)13(19)17-11-6-4-9(5-7-11)14(20)21/h1-3,8-9,11H,4-7H2,(H,17,19)(H,20,21)(H3,16,18,22). The fraction of sp³-hybridized carbons (Fsp3) is 0.400. The SMILES string of the molecule is NC(=O)Nc1cccc(C(=O)NC2CCC(C(=O)O)CC2)c1. The zero-order chi connectivity index (χ0) is 16.1. The third kappa shape index (κ3) is 4.21. The first-order valence-electron chi connectivity index (χ1n) is 7.16. The normalized spacial score (nSPS) is 20.9. The lowest BCUT2D eigenvalue weighted by atomic mass is 9.86. The van der Waals surface area contributed by atoms with Gasteiger partial charge >= 0.3 is 12.0 Å². The lowest BCUT2D eigenvalue weighted by Crippen LogP contribution is -2.38. The van der Waals surface area contributed by atoms with Crippen LogP contribution in [0.3, 0.4) is 0 Å². The first kappa shape index (κ1) is 15.8. The molecule has 3 amide bonds. The van der Waals surface area contributed by atoms with Crippen molar-refractivity contribution < 1.29 is 19.5 Å². The number of hydrogen-bond acceptors (Lipinski definition) is 3. The van der Waals surface area contributed by atoms with Gasteiger partial charge in [0.1, 0.15) is 0 Å². The number of carbonyl (C=O) groups is 3. The number of hydrogen-bond donors (Lipinski definition) is 4. The molecule has 5 N–H and O–H groups in total. The highest BCUT2D eigenvalue weighted by atomic mass is 16.4. The van der Waals surface area contributed by atoms with Crippen LogP contribution in [0.2, 0.25) is 0 Å². The number of carboxylic acid groups (broad SMARTS) is 1. The molecule has 1 fully saturated rings. The molecule has 118 valence electrons. The minimum absolute atomic E-state index is 0.0177. The Morgan fingerprint density at radius 1 is 1.14 bits per heavy atom. The van der Waals surface area contributed by atoms with Crippen molar-refractivity contribution in [2.24, 2.45) is 11.7 Å². The quantitative estimate of drug-likeness (QED) is 0.674. The van der Waals surface area contributed by atoms with Gasteiger partial charge in [0.15, 0.2) is 0 Å². The van der Waals surface area contributed by atoms with Crippen LogP contribution in [-0.2, 0) is 4.79 Å². The van der Waals surface area contributed by atoms with Gasteiger partial charge < -0.3 is 21.5 Å². The van der Waals surface area contributed by atoms with Crippen LogP contribution < -0.4 is 16.4 Å². The summed E-state index contributed by atoms with van der Waals surface area (Å²) in [6, 6.07) is 5.77. The molecule has 0 atom stereocenters. The van der Waals surface area contributed by atoms with E-state index in [0.29, 0.717) is 36.9 Å². The summed E-state index contributed by atoms with van der Waals surface area (Å²) in [7, 11) is 0. The molecule has 0 unspecified atom stereocenters. The lowest BCUT2D eigenvalue weighted by molar-refractivity contribution is -0.142. The number of aliphatic carboxylic acids is 1. The molecule has 0 aliphatic heterocycles. The van der Waals surface area contributed by atoms with E-state index in [4.69, 9.17) is 10.8 Å². The summed E-state index contributed by atoms with van der Waals surface area (Å²) >= 11 is 0. The predicted octanol–water partition coefficient (Wildman–Crippen LogP) is 1.55. The third-order valence-electron chi connectivity index (χ3n) is 3.80. The highest BCUT2D eigenvalue weighted by molar-refractivity contribution is 5.96. The van der Waals surface area contributed by atoms with E-state index in [-0.39, 0.29) is 17.9 Å². The lowest BCUT2D eigenvalue weighted by Gasteiger charge is -2.26. The number of amides is 3. The number of benzene rings is 1. The third-order valence-corrected chi connectivity index (χ3v) is 3.80. The number of nitrogens with two attached hydrogens (primary N) is 1. The molecule has 7 heteroatoms. The Kier molecular flexibility index (Phi) is 4.98. The molecule has 0 saturated heterocycles. The molecule has 0 aromatic heterocycles. The van der Waals surface area contributed by atoms with E-state index in [9.17, 15) is 14.4 Å². The van der Waals surface area contributed by atoms with E-state index in [1.54, 1.807) is 24.3 Å². The zero-order valence-corrected chi connectivity index (χ0v) is 12.0. The minimum atomic E-state index is -0.769. The number of carbonyl (C=O) groups excluding carboxylic acids is 2. The largest absolute Gasteiger partial charge is 0.481 e. The molecular weight excluding hydrogens is 286 g/mol. The Morgan fingerprint density at radius 2 is 1.82 bits per heavy atom. The number of carboxylic acids is 1. The molecule has 7 nitrogen and oxygen atoms in total. The van der Waals surface area contributed by atoms with Crippen LogP contribution in [0.15, 0.2) is 24.3 Å². The number of urea groups is 1. The van der Waals surface area contributed by atoms with Crippen LogP contribution in [-0.4, -0.2) is 29.1 Å². The van der Waals surface area contributed by atoms with E-state index in [2.05, 4.69) is 10.6 Å². The smallest absolute Gasteiger partial charge is 0.316 e. The van der Waals surface area contributed by atoms with E-state index < -0.39 is 12.0 Å². The van der Waals surface area contributed by atoms with Crippen molar-refractivity contribution in [2.45, 2.75) is 31.7 Å². The van der Waals surface area contributed by atoms with Gasteiger partial charge in [-0.3, -0.25) is 9.59 Å². The summed E-state index contributed by atoms with van der Waals surface area (Å²) < 4.78 is 0. The fourth-order valence-electron chi connectivity index (χ4n) is 2.63. The number of anilines is 1. The topological polar surface area (TPSA) is 122 Å². The maximum atomic E-state index is 12.2. The van der Waals surface area contributed by atoms with Crippen LogP contribution in [0.5, 0.6) is 0 Å². The van der Waals surface area contributed by atoms with Gasteiger partial charge in [0.25, 0.3) is 5.91 Å². The second-order valence-corrected chi connectivity index (χ2v) is 5.43. The van der Waals surface area contributed by atoms with Crippen LogP contribution in [0.25, 0.3) is 0 Å². The van der Waals surface area contributed by atoms with Gasteiger partial charge in [-0.05, 0) is 43.9 Å². The Morgan fingerprint density at radius 3 is 2.41 bits per heavy atom. The average Bonchev–Trinajstić information content (AvgIpc) is 2.47. The molecule has 2 rings (SSSR count). The molecular formula is C15H19N3O4. The van der Waals surface area contributed by atoms with Crippen LogP contribution in [0, 0.1) is 5.92 Å². The van der Waals surface area contributed by atoms with Crippen molar-refractivity contribution in [3.05, 3.63) is 29.8 Å². The van der Waals surface area contributed by atoms with Crippen LogP contribution >= 0.6 is 0 Å². The zero-order valence-electron chi connectivity index (χ0n) is 12.0. The summed E-state index contributed by atoms with van der Waals surface area (Å²) in [5, 5.41) is 14.3. The summed E-state index contributed by atoms with van der Waals surface area (Å²) in [6.45, 7) is 0. The van der Waals surface area contributed by atoms with Gasteiger partial charge in [0.05, 0.1) is 5.92 Å². The van der Waals surface area contributed by atoms with Crippen LogP contribution in [0.1, 0.15) is 36.0 Å². The first-order valence-corrected chi connectivity index (χ1v) is 7.16. The monoisotopic (exact) mass is 305 g/mol. The Bertz CT molecular complexity index is 580.